The summed E-state index contributed by atoms with van der Waals surface area (Å²) in [6.45, 7) is 4.93. The van der Waals surface area contributed by atoms with Crippen LogP contribution < -0.4 is 11.3 Å². The normalized spacial score (nSPS) is 14.9. The van der Waals surface area contributed by atoms with Crippen LogP contribution in [0.1, 0.15) is 37.1 Å². The Morgan fingerprint density at radius 3 is 2.78 bits per heavy atom. The second kappa shape index (κ2) is 4.86. The van der Waals surface area contributed by atoms with Crippen LogP contribution in [-0.2, 0) is 29.7 Å². The third-order valence-electron chi connectivity index (χ3n) is 3.56. The van der Waals surface area contributed by atoms with Gasteiger partial charge in [-0.25, -0.2) is 0 Å². The second-order valence-corrected chi connectivity index (χ2v) is 5.55. The number of nitrogens with zero attached hydrogens (tertiary/aromatic N) is 1. The third-order valence-corrected chi connectivity index (χ3v) is 3.56. The van der Waals surface area contributed by atoms with Crippen molar-refractivity contribution in [2.45, 2.75) is 45.2 Å². The zero-order valence-corrected chi connectivity index (χ0v) is 11.5. The molecule has 2 N–H and O–H groups in total. The lowest BCUT2D eigenvalue weighted by molar-refractivity contribution is 0.185. The maximum absolute atomic E-state index is 12.5. The molecule has 4 heteroatoms. The van der Waals surface area contributed by atoms with Crippen LogP contribution in [0, 0.1) is 0 Å². The van der Waals surface area contributed by atoms with Gasteiger partial charge in [0.2, 0.25) is 0 Å². The molecule has 1 aliphatic carbocycles. The van der Waals surface area contributed by atoms with E-state index in [1.807, 2.05) is 24.5 Å². The minimum atomic E-state index is -0.594. The van der Waals surface area contributed by atoms with Gasteiger partial charge in [-0.05, 0) is 44.7 Å². The average Bonchev–Trinajstić information content (AvgIpc) is 2.73. The fraction of sp³-hybridized carbons (Fsp3) is 0.643. The summed E-state index contributed by atoms with van der Waals surface area (Å²) >= 11 is 0. The quantitative estimate of drug-likeness (QED) is 0.873. The molecule has 0 radical (unpaired) electrons. The summed E-state index contributed by atoms with van der Waals surface area (Å²) < 4.78 is 6.95. The van der Waals surface area contributed by atoms with E-state index in [0.717, 1.165) is 19.3 Å². The van der Waals surface area contributed by atoms with Crippen LogP contribution in [0.5, 0.6) is 0 Å². The molecule has 0 amide bonds. The first kappa shape index (κ1) is 13.3. The predicted molar refractivity (Wildman–Crippen MR) is 71.8 cm³/mol. The summed E-state index contributed by atoms with van der Waals surface area (Å²) in [7, 11) is 1.65. The van der Waals surface area contributed by atoms with E-state index in [1.54, 1.807) is 7.11 Å². The van der Waals surface area contributed by atoms with Gasteiger partial charge in [-0.2, -0.15) is 0 Å². The number of rotatable bonds is 4. The average molecular weight is 250 g/mol. The van der Waals surface area contributed by atoms with Gasteiger partial charge in [0.15, 0.2) is 0 Å². The second-order valence-electron chi connectivity index (χ2n) is 5.55. The van der Waals surface area contributed by atoms with Gasteiger partial charge in [-0.3, -0.25) is 4.79 Å². The number of pyridine rings is 1. The fourth-order valence-electron chi connectivity index (χ4n) is 2.60. The van der Waals surface area contributed by atoms with Crippen molar-refractivity contribution in [3.63, 3.8) is 0 Å². The number of aromatic nitrogens is 1. The summed E-state index contributed by atoms with van der Waals surface area (Å²) in [5, 5.41) is 0. The molecule has 18 heavy (non-hydrogen) atoms. The van der Waals surface area contributed by atoms with E-state index < -0.39 is 5.54 Å². The van der Waals surface area contributed by atoms with E-state index in [4.69, 9.17) is 10.5 Å². The van der Waals surface area contributed by atoms with Crippen molar-refractivity contribution < 1.29 is 4.74 Å². The van der Waals surface area contributed by atoms with Gasteiger partial charge in [0.25, 0.3) is 5.56 Å². The van der Waals surface area contributed by atoms with Gasteiger partial charge >= 0.3 is 0 Å². The van der Waals surface area contributed by atoms with Gasteiger partial charge in [0, 0.05) is 30.5 Å². The van der Waals surface area contributed by atoms with Crippen molar-refractivity contribution in [1.82, 2.24) is 4.57 Å². The summed E-state index contributed by atoms with van der Waals surface area (Å²) in [6, 6.07) is 2.01. The van der Waals surface area contributed by atoms with Crippen LogP contribution in [0.25, 0.3) is 0 Å². The van der Waals surface area contributed by atoms with E-state index in [2.05, 4.69) is 0 Å². The van der Waals surface area contributed by atoms with Crippen molar-refractivity contribution in [3.05, 3.63) is 33.2 Å². The number of aryl methyl sites for hydroxylation is 1. The smallest absolute Gasteiger partial charge is 0.255 e. The molecule has 0 unspecified atom stereocenters. The lowest BCUT2D eigenvalue weighted by Crippen LogP contribution is -2.39. The van der Waals surface area contributed by atoms with Crippen molar-refractivity contribution >= 4 is 0 Å². The van der Waals surface area contributed by atoms with Gasteiger partial charge in [0.1, 0.15) is 0 Å². The molecule has 0 bridgehead atoms. The zero-order chi connectivity index (χ0) is 13.3. The van der Waals surface area contributed by atoms with Crippen LogP contribution in [0.4, 0.5) is 0 Å². The lowest BCUT2D eigenvalue weighted by Gasteiger charge is -2.22. The first-order valence-corrected chi connectivity index (χ1v) is 6.49. The molecule has 1 aromatic rings. The van der Waals surface area contributed by atoms with Gasteiger partial charge in [-0.1, -0.05) is 0 Å². The molecule has 1 aliphatic rings. The largest absolute Gasteiger partial charge is 0.383 e. The lowest BCUT2D eigenvalue weighted by atomic mass is 9.95. The molecule has 4 nitrogen and oxygen atoms in total. The van der Waals surface area contributed by atoms with E-state index in [9.17, 15) is 4.79 Å². The Kier molecular flexibility index (Phi) is 3.59. The Labute approximate surface area is 108 Å². The predicted octanol–water partition coefficient (Wildman–Crippen LogP) is 1.18. The van der Waals surface area contributed by atoms with Gasteiger partial charge < -0.3 is 15.0 Å². The van der Waals surface area contributed by atoms with Crippen molar-refractivity contribution in [3.8, 4) is 0 Å². The molecule has 1 aromatic heterocycles. The minimum absolute atomic E-state index is 0.0419. The van der Waals surface area contributed by atoms with E-state index in [1.165, 1.54) is 11.3 Å². The van der Waals surface area contributed by atoms with Crippen LogP contribution in [0.3, 0.4) is 0 Å². The SMILES string of the molecule is COCCn1c2c(cc(C(C)(C)N)c1=O)CCC2. The number of ether oxygens (including phenoxy) is 1. The maximum Gasteiger partial charge on any atom is 0.255 e. The van der Waals surface area contributed by atoms with Crippen LogP contribution in [-0.4, -0.2) is 18.3 Å². The van der Waals surface area contributed by atoms with Gasteiger partial charge in [0.05, 0.1) is 6.61 Å². The Hall–Kier alpha value is -1.13. The molecule has 0 aliphatic heterocycles. The number of nitrogens with two attached hydrogens (primary N) is 1. The number of fused-ring (bicyclic) bond motifs is 1. The highest BCUT2D eigenvalue weighted by Crippen LogP contribution is 2.24. The van der Waals surface area contributed by atoms with Crippen LogP contribution >= 0.6 is 0 Å². The molecule has 100 valence electrons. The zero-order valence-electron chi connectivity index (χ0n) is 11.5. The number of methoxy groups -OCH3 is 1. The third kappa shape index (κ3) is 2.35. The molecule has 0 spiro atoms. The highest BCUT2D eigenvalue weighted by atomic mass is 16.5. The van der Waals surface area contributed by atoms with E-state index >= 15 is 0 Å². The van der Waals surface area contributed by atoms with E-state index in [-0.39, 0.29) is 5.56 Å². The highest BCUT2D eigenvalue weighted by molar-refractivity contribution is 5.33. The summed E-state index contributed by atoms with van der Waals surface area (Å²) in [5.74, 6) is 0. The molecule has 2 rings (SSSR count). The molecular weight excluding hydrogens is 228 g/mol. The molecule has 0 saturated heterocycles. The first-order chi connectivity index (χ1) is 8.45. The molecule has 0 atom stereocenters. The molecule has 0 aromatic carbocycles. The molecular formula is C14H22N2O2. The van der Waals surface area contributed by atoms with Gasteiger partial charge in [-0.15, -0.1) is 0 Å². The summed E-state index contributed by atoms with van der Waals surface area (Å²) in [5.41, 5.74) is 8.71. The van der Waals surface area contributed by atoms with E-state index in [0.29, 0.717) is 18.7 Å². The molecule has 0 saturated carbocycles. The number of hydrogen-bond acceptors (Lipinski definition) is 3. The molecule has 0 fully saturated rings. The van der Waals surface area contributed by atoms with Crippen molar-refractivity contribution in [2.24, 2.45) is 5.73 Å². The number of hydrogen-bond donors (Lipinski definition) is 1. The van der Waals surface area contributed by atoms with Crippen LogP contribution in [0.2, 0.25) is 0 Å². The first-order valence-electron chi connectivity index (χ1n) is 6.49. The van der Waals surface area contributed by atoms with Crippen molar-refractivity contribution in [1.29, 1.82) is 0 Å². The molecule has 1 heterocycles. The summed E-state index contributed by atoms with van der Waals surface area (Å²) in [6.07, 6.45) is 3.15. The van der Waals surface area contributed by atoms with Crippen LogP contribution in [0.15, 0.2) is 10.9 Å². The summed E-state index contributed by atoms with van der Waals surface area (Å²) in [4.78, 5) is 12.5. The maximum atomic E-state index is 12.5. The Balaban J connectivity index is 2.56. The standard InChI is InChI=1S/C14H22N2O2/c1-14(2,15)11-9-10-5-4-6-12(10)16(13(11)17)7-8-18-3/h9H,4-8,15H2,1-3H3. The Bertz CT molecular complexity index is 498. The monoisotopic (exact) mass is 250 g/mol. The highest BCUT2D eigenvalue weighted by Gasteiger charge is 2.25. The Morgan fingerprint density at radius 2 is 2.17 bits per heavy atom. The fourth-order valence-corrected chi connectivity index (χ4v) is 2.60. The Morgan fingerprint density at radius 1 is 1.44 bits per heavy atom. The minimum Gasteiger partial charge on any atom is -0.383 e. The van der Waals surface area contributed by atoms with Crippen molar-refractivity contribution in [2.75, 3.05) is 13.7 Å². The topological polar surface area (TPSA) is 57.2 Å².